The van der Waals surface area contributed by atoms with E-state index in [1.165, 1.54) is 12.1 Å². The van der Waals surface area contributed by atoms with Crippen LogP contribution < -0.4 is 5.14 Å². The number of primary sulfonamides is 1. The van der Waals surface area contributed by atoms with Crippen LogP contribution in [-0.4, -0.2) is 32.3 Å². The average Bonchev–Trinajstić information content (AvgIpc) is 2.75. The first-order valence-electron chi connectivity index (χ1n) is 7.17. The molecule has 2 atom stereocenters. The number of sulfonamides is 1. The fourth-order valence-corrected chi connectivity index (χ4v) is 3.10. The van der Waals surface area contributed by atoms with Gasteiger partial charge in [0.15, 0.2) is 0 Å². The highest BCUT2D eigenvalue weighted by Crippen LogP contribution is 2.23. The van der Waals surface area contributed by atoms with Crippen LogP contribution in [0.5, 0.6) is 0 Å². The normalized spacial score (nSPS) is 22.5. The molecule has 0 radical (unpaired) electrons. The van der Waals surface area contributed by atoms with Gasteiger partial charge >= 0.3 is 0 Å². The monoisotopic (exact) mass is 310 g/mol. The van der Waals surface area contributed by atoms with Gasteiger partial charge in [-0.2, -0.15) is 0 Å². The Bertz CT molecular complexity index is 600. The predicted octanol–water partition coefficient (Wildman–Crippen LogP) is 1.38. The zero-order valence-corrected chi connectivity index (χ0v) is 13.3. The highest BCUT2D eigenvalue weighted by atomic mass is 32.2. The second kappa shape index (κ2) is 6.15. The Morgan fingerprint density at radius 2 is 1.71 bits per heavy atom. The highest BCUT2D eigenvalue weighted by Gasteiger charge is 2.28. The molecule has 0 aliphatic carbocycles. The largest absolute Gasteiger partial charge is 0.342 e. The molecule has 2 rings (SSSR count). The zero-order valence-electron chi connectivity index (χ0n) is 12.5. The number of rotatable bonds is 4. The zero-order chi connectivity index (χ0) is 15.6. The molecular weight excluding hydrogens is 288 g/mol. The number of aryl methyl sites for hydroxylation is 1. The van der Waals surface area contributed by atoms with Crippen molar-refractivity contribution in [3.05, 3.63) is 29.8 Å². The minimum Gasteiger partial charge on any atom is -0.342 e. The molecule has 6 heteroatoms. The van der Waals surface area contributed by atoms with Gasteiger partial charge in [0.1, 0.15) is 0 Å². The fourth-order valence-electron chi connectivity index (χ4n) is 2.59. The van der Waals surface area contributed by atoms with Crippen LogP contribution in [0.15, 0.2) is 29.2 Å². The van der Waals surface area contributed by atoms with Crippen molar-refractivity contribution >= 4 is 15.9 Å². The lowest BCUT2D eigenvalue weighted by Gasteiger charge is -2.16. The van der Waals surface area contributed by atoms with Crippen molar-refractivity contribution in [1.29, 1.82) is 0 Å². The summed E-state index contributed by atoms with van der Waals surface area (Å²) in [6, 6.07) is 6.38. The number of carbonyl (C=O) groups excluding carboxylic acids is 1. The van der Waals surface area contributed by atoms with Crippen LogP contribution in [0, 0.1) is 11.8 Å². The third-order valence-corrected chi connectivity index (χ3v) is 5.15. The summed E-state index contributed by atoms with van der Waals surface area (Å²) in [5.74, 6) is 1.28. The van der Waals surface area contributed by atoms with E-state index in [9.17, 15) is 13.2 Å². The molecule has 1 saturated heterocycles. The van der Waals surface area contributed by atoms with Gasteiger partial charge in [0.05, 0.1) is 4.90 Å². The molecule has 1 aliphatic rings. The second-order valence-corrected chi connectivity index (χ2v) is 7.50. The maximum absolute atomic E-state index is 12.1. The Balaban J connectivity index is 1.90. The van der Waals surface area contributed by atoms with Crippen LogP contribution in [0.3, 0.4) is 0 Å². The van der Waals surface area contributed by atoms with Crippen LogP contribution in [0.2, 0.25) is 0 Å². The van der Waals surface area contributed by atoms with Crippen LogP contribution in [0.1, 0.15) is 25.8 Å². The second-order valence-electron chi connectivity index (χ2n) is 5.94. The molecule has 0 spiro atoms. The molecule has 1 aromatic rings. The van der Waals surface area contributed by atoms with Gasteiger partial charge in [-0.05, 0) is 36.0 Å². The van der Waals surface area contributed by atoms with Gasteiger partial charge in [-0.25, -0.2) is 13.6 Å². The van der Waals surface area contributed by atoms with E-state index in [0.717, 1.165) is 18.7 Å². The minimum absolute atomic E-state index is 0.0970. The summed E-state index contributed by atoms with van der Waals surface area (Å²) in [7, 11) is -3.65. The van der Waals surface area contributed by atoms with E-state index >= 15 is 0 Å². The summed E-state index contributed by atoms with van der Waals surface area (Å²) in [5.41, 5.74) is 0.941. The van der Waals surface area contributed by atoms with Gasteiger partial charge in [0.2, 0.25) is 15.9 Å². The molecular formula is C15H22N2O3S. The average molecular weight is 310 g/mol. The van der Waals surface area contributed by atoms with Gasteiger partial charge in [0.25, 0.3) is 0 Å². The van der Waals surface area contributed by atoms with Gasteiger partial charge in [-0.1, -0.05) is 26.0 Å². The standard InChI is InChI=1S/C15H22N2O3S/c1-11-9-17(10-12(11)2)15(18)8-5-13-3-6-14(7-4-13)21(16,19)20/h3-4,6-7,11-12H,5,8-10H2,1-2H3,(H2,16,19,20). The smallest absolute Gasteiger partial charge is 0.238 e. The Kier molecular flexibility index (Phi) is 4.68. The lowest BCUT2D eigenvalue weighted by atomic mass is 10.0. The van der Waals surface area contributed by atoms with Gasteiger partial charge < -0.3 is 4.90 Å². The topological polar surface area (TPSA) is 80.5 Å². The minimum atomic E-state index is -3.65. The maximum atomic E-state index is 12.1. The molecule has 1 aliphatic heterocycles. The van der Waals surface area contributed by atoms with Crippen LogP contribution in [0.25, 0.3) is 0 Å². The quantitative estimate of drug-likeness (QED) is 0.912. The number of hydrogen-bond acceptors (Lipinski definition) is 3. The first-order chi connectivity index (χ1) is 9.77. The molecule has 5 nitrogen and oxygen atoms in total. The van der Waals surface area contributed by atoms with Crippen molar-refractivity contribution in [2.24, 2.45) is 17.0 Å². The van der Waals surface area contributed by atoms with E-state index < -0.39 is 10.0 Å². The summed E-state index contributed by atoms with van der Waals surface area (Å²) in [4.78, 5) is 14.2. The Hall–Kier alpha value is -1.40. The van der Waals surface area contributed by atoms with E-state index in [0.29, 0.717) is 24.7 Å². The van der Waals surface area contributed by atoms with E-state index in [2.05, 4.69) is 13.8 Å². The molecule has 2 unspecified atom stereocenters. The van der Waals surface area contributed by atoms with Gasteiger partial charge in [0, 0.05) is 19.5 Å². The van der Waals surface area contributed by atoms with Gasteiger partial charge in [-0.3, -0.25) is 4.79 Å². The molecule has 116 valence electrons. The molecule has 21 heavy (non-hydrogen) atoms. The van der Waals surface area contributed by atoms with E-state index in [1.54, 1.807) is 12.1 Å². The summed E-state index contributed by atoms with van der Waals surface area (Å²) < 4.78 is 22.3. The number of nitrogens with zero attached hydrogens (tertiary/aromatic N) is 1. The molecule has 1 amide bonds. The van der Waals surface area contributed by atoms with Crippen molar-refractivity contribution < 1.29 is 13.2 Å². The Morgan fingerprint density at radius 1 is 1.19 bits per heavy atom. The lowest BCUT2D eigenvalue weighted by molar-refractivity contribution is -0.130. The molecule has 1 fully saturated rings. The Morgan fingerprint density at radius 3 is 2.19 bits per heavy atom. The number of hydrogen-bond donors (Lipinski definition) is 1. The van der Waals surface area contributed by atoms with Crippen LogP contribution in [0.4, 0.5) is 0 Å². The number of likely N-dealkylation sites (tertiary alicyclic amines) is 1. The summed E-state index contributed by atoms with van der Waals surface area (Å²) in [6.07, 6.45) is 1.07. The molecule has 0 aromatic heterocycles. The summed E-state index contributed by atoms with van der Waals surface area (Å²) in [5, 5.41) is 5.05. The van der Waals surface area contributed by atoms with Crippen molar-refractivity contribution in [3.8, 4) is 0 Å². The number of carbonyl (C=O) groups is 1. The van der Waals surface area contributed by atoms with E-state index in [-0.39, 0.29) is 10.8 Å². The van der Waals surface area contributed by atoms with E-state index in [4.69, 9.17) is 5.14 Å². The predicted molar refractivity (Wildman–Crippen MR) is 81.0 cm³/mol. The number of benzene rings is 1. The third kappa shape index (κ3) is 4.04. The first-order valence-corrected chi connectivity index (χ1v) is 8.71. The third-order valence-electron chi connectivity index (χ3n) is 4.22. The number of amides is 1. The fraction of sp³-hybridized carbons (Fsp3) is 0.533. The van der Waals surface area contributed by atoms with E-state index in [1.807, 2.05) is 4.90 Å². The van der Waals surface area contributed by atoms with Crippen LogP contribution in [-0.2, 0) is 21.2 Å². The van der Waals surface area contributed by atoms with Crippen molar-refractivity contribution in [1.82, 2.24) is 4.90 Å². The molecule has 0 saturated carbocycles. The molecule has 1 heterocycles. The maximum Gasteiger partial charge on any atom is 0.238 e. The first kappa shape index (κ1) is 16.0. The SMILES string of the molecule is CC1CN(C(=O)CCc2ccc(S(N)(=O)=O)cc2)CC1C. The van der Waals surface area contributed by atoms with Crippen molar-refractivity contribution in [2.75, 3.05) is 13.1 Å². The summed E-state index contributed by atoms with van der Waals surface area (Å²) in [6.45, 7) is 6.02. The molecule has 0 bridgehead atoms. The van der Waals surface area contributed by atoms with Gasteiger partial charge in [-0.15, -0.1) is 0 Å². The highest BCUT2D eigenvalue weighted by molar-refractivity contribution is 7.89. The lowest BCUT2D eigenvalue weighted by Crippen LogP contribution is -2.29. The molecule has 2 N–H and O–H groups in total. The van der Waals surface area contributed by atoms with Crippen LogP contribution >= 0.6 is 0 Å². The van der Waals surface area contributed by atoms with Crippen molar-refractivity contribution in [3.63, 3.8) is 0 Å². The van der Waals surface area contributed by atoms with Crippen molar-refractivity contribution in [2.45, 2.75) is 31.6 Å². The summed E-state index contributed by atoms with van der Waals surface area (Å²) >= 11 is 0. The number of nitrogens with two attached hydrogens (primary N) is 1. The Labute approximate surface area is 126 Å². The molecule has 1 aromatic carbocycles.